The molecule has 0 heterocycles. The number of ether oxygens (including phenoxy) is 2. The molecule has 0 saturated heterocycles. The highest BCUT2D eigenvalue weighted by Gasteiger charge is 2.00. The van der Waals surface area contributed by atoms with Crippen LogP contribution in [0.5, 0.6) is 0 Å². The molecule has 0 aromatic carbocycles. The Bertz CT molecular complexity index is 109. The molecule has 3 heteroatoms. The molecule has 0 aromatic rings. The van der Waals surface area contributed by atoms with Gasteiger partial charge in [0, 0.05) is 19.1 Å². The van der Waals surface area contributed by atoms with Gasteiger partial charge in [0.25, 0.3) is 0 Å². The number of hydrogen-bond acceptors (Lipinski definition) is 2. The zero-order valence-electron chi connectivity index (χ0n) is 7.75. The van der Waals surface area contributed by atoms with Crippen molar-refractivity contribution in [3.63, 3.8) is 0 Å². The van der Waals surface area contributed by atoms with Crippen LogP contribution in [0.2, 0.25) is 0 Å². The number of allylic oxidation sites excluding steroid dienone is 1. The molecule has 0 aromatic heterocycles. The molecule has 0 rings (SSSR count). The SMILES string of the molecule is CCOC(/C=C\CCCl)OCC. The zero-order chi connectivity index (χ0) is 9.23. The Hall–Kier alpha value is -0.0500. The number of hydrogen-bond donors (Lipinski definition) is 0. The summed E-state index contributed by atoms with van der Waals surface area (Å²) in [6.45, 7) is 5.22. The summed E-state index contributed by atoms with van der Waals surface area (Å²) in [6.07, 6.45) is 4.53. The van der Waals surface area contributed by atoms with Crippen molar-refractivity contribution in [3.8, 4) is 0 Å². The van der Waals surface area contributed by atoms with Crippen LogP contribution in [0.1, 0.15) is 20.3 Å². The molecule has 0 aliphatic carbocycles. The van der Waals surface area contributed by atoms with E-state index in [1.54, 1.807) is 0 Å². The van der Waals surface area contributed by atoms with Gasteiger partial charge in [-0.25, -0.2) is 0 Å². The molecule has 0 N–H and O–H groups in total. The molecule has 0 aliphatic heterocycles. The summed E-state index contributed by atoms with van der Waals surface area (Å²) in [5.74, 6) is 0.640. The summed E-state index contributed by atoms with van der Waals surface area (Å²) in [4.78, 5) is 0. The first-order valence-electron chi connectivity index (χ1n) is 4.31. The van der Waals surface area contributed by atoms with E-state index in [1.165, 1.54) is 0 Å². The summed E-state index contributed by atoms with van der Waals surface area (Å²) < 4.78 is 10.6. The van der Waals surface area contributed by atoms with Gasteiger partial charge in [0.05, 0.1) is 0 Å². The predicted molar refractivity (Wildman–Crippen MR) is 51.5 cm³/mol. The van der Waals surface area contributed by atoms with Crippen LogP contribution >= 0.6 is 11.6 Å². The van der Waals surface area contributed by atoms with E-state index in [2.05, 4.69) is 0 Å². The van der Waals surface area contributed by atoms with Crippen molar-refractivity contribution in [2.75, 3.05) is 19.1 Å². The highest BCUT2D eigenvalue weighted by atomic mass is 35.5. The van der Waals surface area contributed by atoms with Crippen LogP contribution in [-0.4, -0.2) is 25.4 Å². The third kappa shape index (κ3) is 6.65. The van der Waals surface area contributed by atoms with E-state index in [-0.39, 0.29) is 6.29 Å². The first kappa shape index (κ1) is 11.9. The van der Waals surface area contributed by atoms with Gasteiger partial charge < -0.3 is 9.47 Å². The lowest BCUT2D eigenvalue weighted by Crippen LogP contribution is -2.14. The third-order valence-corrected chi connectivity index (χ3v) is 1.45. The van der Waals surface area contributed by atoms with Gasteiger partial charge in [-0.15, -0.1) is 11.6 Å². The first-order chi connectivity index (χ1) is 5.85. The van der Waals surface area contributed by atoms with Crippen LogP contribution < -0.4 is 0 Å². The van der Waals surface area contributed by atoms with E-state index in [1.807, 2.05) is 26.0 Å². The van der Waals surface area contributed by atoms with Crippen LogP contribution in [0.3, 0.4) is 0 Å². The van der Waals surface area contributed by atoms with E-state index in [9.17, 15) is 0 Å². The molecule has 0 spiro atoms. The standard InChI is InChI=1S/C9H17ClO2/c1-3-11-9(12-4-2)7-5-6-8-10/h5,7,9H,3-4,6,8H2,1-2H3/b7-5-. The maximum atomic E-state index is 5.51. The summed E-state index contributed by atoms with van der Waals surface area (Å²) in [6, 6.07) is 0. The van der Waals surface area contributed by atoms with Gasteiger partial charge >= 0.3 is 0 Å². The Morgan fingerprint density at radius 1 is 1.25 bits per heavy atom. The van der Waals surface area contributed by atoms with Crippen LogP contribution in [0.15, 0.2) is 12.2 Å². The molecule has 0 aliphatic rings. The largest absolute Gasteiger partial charge is 0.349 e. The second-order valence-corrected chi connectivity index (χ2v) is 2.56. The second-order valence-electron chi connectivity index (χ2n) is 2.18. The van der Waals surface area contributed by atoms with Crippen LogP contribution in [0, 0.1) is 0 Å². The van der Waals surface area contributed by atoms with Crippen molar-refractivity contribution in [1.29, 1.82) is 0 Å². The van der Waals surface area contributed by atoms with Gasteiger partial charge in [0.1, 0.15) is 0 Å². The molecular formula is C9H17ClO2. The summed E-state index contributed by atoms with van der Waals surface area (Å²) in [5.41, 5.74) is 0. The number of alkyl halides is 1. The van der Waals surface area contributed by atoms with Crippen molar-refractivity contribution in [1.82, 2.24) is 0 Å². The monoisotopic (exact) mass is 192 g/mol. The Balaban J connectivity index is 3.60. The number of halogens is 1. The van der Waals surface area contributed by atoms with E-state index >= 15 is 0 Å². The van der Waals surface area contributed by atoms with Gasteiger partial charge in [-0.3, -0.25) is 0 Å². The van der Waals surface area contributed by atoms with E-state index < -0.39 is 0 Å². The van der Waals surface area contributed by atoms with E-state index in [0.717, 1.165) is 6.42 Å². The Kier molecular flexibility index (Phi) is 9.00. The fraction of sp³-hybridized carbons (Fsp3) is 0.778. The zero-order valence-corrected chi connectivity index (χ0v) is 8.51. The Morgan fingerprint density at radius 3 is 2.25 bits per heavy atom. The summed E-state index contributed by atoms with van der Waals surface area (Å²) in [5, 5.41) is 0. The predicted octanol–water partition coefficient (Wildman–Crippen LogP) is 2.57. The molecule has 0 saturated carbocycles. The Labute approximate surface area is 79.5 Å². The fourth-order valence-electron chi connectivity index (χ4n) is 0.758. The average Bonchev–Trinajstić information content (AvgIpc) is 2.06. The van der Waals surface area contributed by atoms with Crippen LogP contribution in [0.4, 0.5) is 0 Å². The lowest BCUT2D eigenvalue weighted by Gasteiger charge is -2.11. The minimum Gasteiger partial charge on any atom is -0.349 e. The van der Waals surface area contributed by atoms with Crippen molar-refractivity contribution < 1.29 is 9.47 Å². The molecule has 0 amide bonds. The fourth-order valence-corrected chi connectivity index (χ4v) is 0.884. The minimum atomic E-state index is -0.205. The number of rotatable bonds is 7. The molecular weight excluding hydrogens is 176 g/mol. The minimum absolute atomic E-state index is 0.205. The van der Waals surface area contributed by atoms with Crippen LogP contribution in [0.25, 0.3) is 0 Å². The van der Waals surface area contributed by atoms with Gasteiger partial charge in [-0.1, -0.05) is 6.08 Å². The Morgan fingerprint density at radius 2 is 1.83 bits per heavy atom. The molecule has 2 nitrogen and oxygen atoms in total. The molecule has 0 bridgehead atoms. The van der Waals surface area contributed by atoms with Crippen molar-refractivity contribution in [2.45, 2.75) is 26.6 Å². The average molecular weight is 193 g/mol. The quantitative estimate of drug-likeness (QED) is 0.351. The van der Waals surface area contributed by atoms with Gasteiger partial charge in [-0.05, 0) is 26.3 Å². The smallest absolute Gasteiger partial charge is 0.176 e. The highest BCUT2D eigenvalue weighted by molar-refractivity contribution is 6.17. The van der Waals surface area contributed by atoms with Crippen LogP contribution in [-0.2, 0) is 9.47 Å². The molecule has 0 radical (unpaired) electrons. The normalized spacial score (nSPS) is 11.7. The van der Waals surface area contributed by atoms with Crippen molar-refractivity contribution >= 4 is 11.6 Å². The van der Waals surface area contributed by atoms with Gasteiger partial charge in [0.15, 0.2) is 6.29 Å². The molecule has 0 fully saturated rings. The van der Waals surface area contributed by atoms with Gasteiger partial charge in [0.2, 0.25) is 0 Å². The summed E-state index contributed by atoms with van der Waals surface area (Å²) in [7, 11) is 0. The van der Waals surface area contributed by atoms with Crippen molar-refractivity contribution in [2.24, 2.45) is 0 Å². The maximum absolute atomic E-state index is 5.51. The molecule has 72 valence electrons. The maximum Gasteiger partial charge on any atom is 0.176 e. The van der Waals surface area contributed by atoms with Gasteiger partial charge in [-0.2, -0.15) is 0 Å². The third-order valence-electron chi connectivity index (χ3n) is 1.23. The topological polar surface area (TPSA) is 18.5 Å². The van der Waals surface area contributed by atoms with E-state index in [4.69, 9.17) is 21.1 Å². The second kappa shape index (κ2) is 9.04. The first-order valence-corrected chi connectivity index (χ1v) is 4.84. The highest BCUT2D eigenvalue weighted by Crippen LogP contribution is 1.98. The molecule has 0 atom stereocenters. The van der Waals surface area contributed by atoms with E-state index in [0.29, 0.717) is 19.1 Å². The molecule has 0 unspecified atom stereocenters. The van der Waals surface area contributed by atoms with Crippen molar-refractivity contribution in [3.05, 3.63) is 12.2 Å². The lowest BCUT2D eigenvalue weighted by atomic mass is 10.4. The molecule has 12 heavy (non-hydrogen) atoms. The lowest BCUT2D eigenvalue weighted by molar-refractivity contribution is -0.104. The summed E-state index contributed by atoms with van der Waals surface area (Å²) >= 11 is 5.51.